The number of nitrogens with zero attached hydrogens (tertiary/aromatic N) is 2. The summed E-state index contributed by atoms with van der Waals surface area (Å²) in [4.78, 5) is 8.43. The second-order valence-electron chi connectivity index (χ2n) is 4.35. The van der Waals surface area contributed by atoms with Gasteiger partial charge in [-0.3, -0.25) is 14.5 Å². The van der Waals surface area contributed by atoms with Crippen molar-refractivity contribution in [2.24, 2.45) is 15.7 Å². The van der Waals surface area contributed by atoms with Crippen LogP contribution < -0.4 is 5.73 Å². The van der Waals surface area contributed by atoms with Crippen molar-refractivity contribution in [2.75, 3.05) is 12.3 Å². The third kappa shape index (κ3) is 4.15. The highest BCUT2D eigenvalue weighted by atomic mass is 32.2. The van der Waals surface area contributed by atoms with E-state index < -0.39 is 21.9 Å². The molecule has 0 aromatic heterocycles. The lowest BCUT2D eigenvalue weighted by molar-refractivity contribution is 0.477. The minimum absolute atomic E-state index is 0.169. The van der Waals surface area contributed by atoms with Crippen molar-refractivity contribution in [1.29, 1.82) is 0 Å². The molecule has 2 rings (SSSR count). The van der Waals surface area contributed by atoms with Crippen molar-refractivity contribution in [3.05, 3.63) is 35.9 Å². The number of rotatable bonds is 3. The summed E-state index contributed by atoms with van der Waals surface area (Å²) in [5, 5.41) is 0. The fourth-order valence-electron chi connectivity index (χ4n) is 1.90. The van der Waals surface area contributed by atoms with Crippen LogP contribution in [0.2, 0.25) is 0 Å². The Morgan fingerprint density at radius 3 is 2.63 bits per heavy atom. The van der Waals surface area contributed by atoms with E-state index >= 15 is 0 Å². The molecule has 1 aromatic carbocycles. The van der Waals surface area contributed by atoms with Crippen LogP contribution in [0.15, 0.2) is 40.3 Å². The molecule has 1 heterocycles. The zero-order valence-electron chi connectivity index (χ0n) is 10.2. The molecule has 0 saturated heterocycles. The first-order valence-corrected chi connectivity index (χ1v) is 7.41. The second-order valence-corrected chi connectivity index (χ2v) is 5.85. The van der Waals surface area contributed by atoms with E-state index in [1.165, 1.54) is 0 Å². The van der Waals surface area contributed by atoms with Gasteiger partial charge in [0.2, 0.25) is 0 Å². The van der Waals surface area contributed by atoms with Crippen molar-refractivity contribution < 1.29 is 13.0 Å². The summed E-state index contributed by atoms with van der Waals surface area (Å²) in [5.41, 5.74) is 7.31. The number of nitrogens with two attached hydrogens (primary N) is 1. The van der Waals surface area contributed by atoms with Crippen LogP contribution in [0, 0.1) is 0 Å². The Labute approximate surface area is 111 Å². The van der Waals surface area contributed by atoms with E-state index in [0.29, 0.717) is 18.0 Å². The number of hydrogen-bond donors (Lipinski definition) is 2. The molecule has 6 nitrogen and oxygen atoms in total. The van der Waals surface area contributed by atoms with Gasteiger partial charge in [0.15, 0.2) is 0 Å². The average molecular weight is 281 g/mol. The van der Waals surface area contributed by atoms with E-state index in [0.717, 1.165) is 5.56 Å². The highest BCUT2D eigenvalue weighted by Crippen LogP contribution is 2.11. The first-order chi connectivity index (χ1) is 8.94. The Balaban J connectivity index is 2.32. The number of hydrogen-bond acceptors (Lipinski definition) is 5. The molecule has 1 aliphatic heterocycles. The topological polar surface area (TPSA) is 105 Å². The van der Waals surface area contributed by atoms with Crippen molar-refractivity contribution in [2.45, 2.75) is 12.5 Å². The van der Waals surface area contributed by atoms with Crippen molar-refractivity contribution in [3.8, 4) is 0 Å². The molecule has 1 atom stereocenters. The van der Waals surface area contributed by atoms with Gasteiger partial charge < -0.3 is 5.73 Å². The quantitative estimate of drug-likeness (QED) is 0.787. The Morgan fingerprint density at radius 2 is 2.00 bits per heavy atom. The Bertz CT molecular complexity index is 608. The van der Waals surface area contributed by atoms with Gasteiger partial charge in [-0.15, -0.1) is 0 Å². The van der Waals surface area contributed by atoms with E-state index in [9.17, 15) is 8.42 Å². The van der Waals surface area contributed by atoms with Gasteiger partial charge in [0, 0.05) is 12.1 Å². The first-order valence-electron chi connectivity index (χ1n) is 5.80. The van der Waals surface area contributed by atoms with E-state index in [2.05, 4.69) is 9.98 Å². The van der Waals surface area contributed by atoms with Crippen LogP contribution >= 0.6 is 0 Å². The van der Waals surface area contributed by atoms with Crippen LogP contribution in [0.3, 0.4) is 0 Å². The molecular weight excluding hydrogens is 266 g/mol. The van der Waals surface area contributed by atoms with E-state index in [-0.39, 0.29) is 6.54 Å². The largest absolute Gasteiger partial charge is 0.387 e. The molecule has 102 valence electrons. The predicted octanol–water partition coefficient (Wildman–Crippen LogP) is 0.493. The molecule has 19 heavy (non-hydrogen) atoms. The van der Waals surface area contributed by atoms with Gasteiger partial charge in [-0.1, -0.05) is 30.3 Å². The molecule has 0 bridgehead atoms. The molecule has 0 amide bonds. The zero-order chi connectivity index (χ0) is 13.9. The molecule has 1 aromatic rings. The standard InChI is InChI=1S/C12H15N3O3S/c13-12-6-11(9-4-2-1-3-5-9)15-10(7-14-12)8-19(16,17)18/h1-5,10H,6-8H2,(H2,13,14)(H,16,17,18). The number of aliphatic imine (C=N–C) groups is 2. The summed E-state index contributed by atoms with van der Waals surface area (Å²) >= 11 is 0. The lowest BCUT2D eigenvalue weighted by Gasteiger charge is -2.09. The third-order valence-electron chi connectivity index (χ3n) is 2.70. The van der Waals surface area contributed by atoms with Crippen LogP contribution in [0.4, 0.5) is 0 Å². The Hall–Kier alpha value is -1.73. The fourth-order valence-corrected chi connectivity index (χ4v) is 2.56. The van der Waals surface area contributed by atoms with E-state index in [4.69, 9.17) is 10.3 Å². The maximum absolute atomic E-state index is 10.9. The summed E-state index contributed by atoms with van der Waals surface area (Å²) in [6.07, 6.45) is 0.381. The highest BCUT2D eigenvalue weighted by molar-refractivity contribution is 7.85. The molecule has 0 aliphatic carbocycles. The van der Waals surface area contributed by atoms with Gasteiger partial charge in [0.1, 0.15) is 0 Å². The average Bonchev–Trinajstić information content (AvgIpc) is 2.51. The van der Waals surface area contributed by atoms with Crippen molar-refractivity contribution >= 4 is 21.7 Å². The summed E-state index contributed by atoms with van der Waals surface area (Å²) < 4.78 is 30.8. The van der Waals surface area contributed by atoms with Crippen molar-refractivity contribution in [1.82, 2.24) is 0 Å². The van der Waals surface area contributed by atoms with E-state index in [1.807, 2.05) is 30.3 Å². The van der Waals surface area contributed by atoms with Crippen LogP contribution in [-0.2, 0) is 10.1 Å². The van der Waals surface area contributed by atoms with Gasteiger partial charge >= 0.3 is 0 Å². The highest BCUT2D eigenvalue weighted by Gasteiger charge is 2.20. The SMILES string of the molecule is NC1=NCC(CS(=O)(=O)O)N=C(c2ccccc2)C1. The molecule has 0 radical (unpaired) electrons. The third-order valence-corrected chi connectivity index (χ3v) is 3.51. The summed E-state index contributed by atoms with van der Waals surface area (Å²) in [6, 6.07) is 8.77. The minimum Gasteiger partial charge on any atom is -0.387 e. The Morgan fingerprint density at radius 1 is 1.32 bits per heavy atom. The smallest absolute Gasteiger partial charge is 0.267 e. The molecule has 0 fully saturated rings. The maximum atomic E-state index is 10.9. The molecule has 0 saturated carbocycles. The van der Waals surface area contributed by atoms with Crippen LogP contribution in [0.1, 0.15) is 12.0 Å². The van der Waals surface area contributed by atoms with Gasteiger partial charge in [-0.25, -0.2) is 0 Å². The maximum Gasteiger partial charge on any atom is 0.267 e. The summed E-state index contributed by atoms with van der Waals surface area (Å²) in [7, 11) is -4.08. The fraction of sp³-hybridized carbons (Fsp3) is 0.333. The number of amidine groups is 1. The molecule has 0 spiro atoms. The van der Waals surface area contributed by atoms with Gasteiger partial charge in [0.05, 0.1) is 24.2 Å². The molecule has 3 N–H and O–H groups in total. The van der Waals surface area contributed by atoms with Gasteiger partial charge in [-0.05, 0) is 5.56 Å². The van der Waals surface area contributed by atoms with Gasteiger partial charge in [0.25, 0.3) is 10.1 Å². The Kier molecular flexibility index (Phi) is 3.96. The molecule has 1 aliphatic rings. The summed E-state index contributed by atoms with van der Waals surface area (Å²) in [5.74, 6) is -0.0273. The van der Waals surface area contributed by atoms with Crippen LogP contribution in [0.5, 0.6) is 0 Å². The number of benzene rings is 1. The summed E-state index contributed by atoms with van der Waals surface area (Å²) in [6.45, 7) is 0.169. The van der Waals surface area contributed by atoms with Gasteiger partial charge in [-0.2, -0.15) is 8.42 Å². The lowest BCUT2D eigenvalue weighted by atomic mass is 10.1. The molecule has 7 heteroatoms. The molecular formula is C12H15N3O3S. The van der Waals surface area contributed by atoms with Crippen LogP contribution in [0.25, 0.3) is 0 Å². The van der Waals surface area contributed by atoms with Crippen molar-refractivity contribution in [3.63, 3.8) is 0 Å². The normalized spacial score (nSPS) is 20.4. The second kappa shape index (κ2) is 5.50. The minimum atomic E-state index is -4.08. The monoisotopic (exact) mass is 281 g/mol. The first kappa shape index (κ1) is 13.7. The van der Waals surface area contributed by atoms with Crippen LogP contribution in [-0.4, -0.2) is 42.9 Å². The van der Waals surface area contributed by atoms with E-state index in [1.54, 1.807) is 0 Å². The predicted molar refractivity (Wildman–Crippen MR) is 74.3 cm³/mol. The zero-order valence-corrected chi connectivity index (χ0v) is 11.0. The molecule has 1 unspecified atom stereocenters. The lowest BCUT2D eigenvalue weighted by Crippen LogP contribution is -2.22.